The third-order valence-corrected chi connectivity index (χ3v) is 26.4. The number of imidazole rings is 1. The number of hydrogen-bond donors (Lipinski definition) is 21. The van der Waals surface area contributed by atoms with Crippen molar-refractivity contribution in [1.29, 1.82) is 5.41 Å². The van der Waals surface area contributed by atoms with Crippen LogP contribution >= 0.6 is 11.8 Å². The number of benzene rings is 3. The van der Waals surface area contributed by atoms with Crippen LogP contribution in [0.25, 0.3) is 21.8 Å². The lowest BCUT2D eigenvalue weighted by atomic mass is 9.93. The zero-order valence-corrected chi connectivity index (χ0v) is 78.7. The van der Waals surface area contributed by atoms with Gasteiger partial charge in [-0.15, -0.1) is 11.8 Å². The van der Waals surface area contributed by atoms with E-state index in [2.05, 4.69) is 73.1 Å². The number of phenols is 1. The molecule has 4 aliphatic heterocycles. The summed E-state index contributed by atoms with van der Waals surface area (Å²) in [5, 5.41) is 79.3. The summed E-state index contributed by atoms with van der Waals surface area (Å²) in [4.78, 5) is 271. The van der Waals surface area contributed by atoms with Gasteiger partial charge in [0.15, 0.2) is 11.7 Å². The summed E-state index contributed by atoms with van der Waals surface area (Å²) in [6.45, 7) is 1.17. The number of fused-ring (bicyclic) bond motifs is 5. The Balaban J connectivity index is 1.03. The second-order valence-electron chi connectivity index (χ2n) is 35.4. The van der Waals surface area contributed by atoms with Gasteiger partial charge in [0, 0.05) is 125 Å². The van der Waals surface area contributed by atoms with Crippen LogP contribution in [0.2, 0.25) is 0 Å². The average molecular weight is 1940 g/mol. The molecule has 0 bridgehead atoms. The first-order chi connectivity index (χ1) is 66.1. The van der Waals surface area contributed by atoms with E-state index in [1.807, 2.05) is 13.8 Å². The largest absolute Gasteiger partial charge is 0.508 e. The number of phenolic OH excluding ortho intramolecular Hbond substituents is 1. The standard InChI is InChI=1S/C93H129N23O21S/c1-5-7-24-71-84(129)105-63(23-16-33-99-93(96)97)82(127)111-70(81(126)102-46-77(95)121)49-138-50-78(122)104-67(36-52-28-30-57(118)31-29-52)90(135)114-34-14-13-26-72(114)86(131)110-69(42-79(123)124)91(136)115-35-17-27-73(115)85(130)108-66(40-56-45-98-51-103-56)83(128)106-64(22-15-32-94)89(134)116-47-58(119)41-75(116)87(132)107-65(37-53-43-100-61-20-11-9-18-59(53)61)76(120)39-55(48-117)80(125)109-68(38-54-44-101-62-21-12-10-19-60(54)62)88(133)113(4)74(25-8-6-2)92(137)112(71)3/h9-12,18-21,28-31,43-45,51,55,58,63-75,100-101,117-119H,5-8,13-17,22-27,32-42,46-50,94H2,1-4H3,(H2,95,121)(H,98,103)(H,102,126)(H,104,122)(H,105,129)(H,106,128)(H,107,132)(H,108,130)(H,109,125)(H,110,131)(H,111,127)(H,123,124)(H4,96,97,99)/t55-,58+,63-,64-,65-,66-,67-,68-,69?,70-,71-,72-,73-,74-,75-/m0/s1. The van der Waals surface area contributed by atoms with Crippen LogP contribution in [-0.4, -0.2) is 327 Å². The van der Waals surface area contributed by atoms with Crippen LogP contribution in [0.3, 0.4) is 0 Å². The van der Waals surface area contributed by atoms with Crippen molar-refractivity contribution in [3.8, 4) is 5.75 Å². The van der Waals surface area contributed by atoms with Crippen molar-refractivity contribution in [2.24, 2.45) is 23.1 Å². The van der Waals surface area contributed by atoms with Crippen LogP contribution in [0.1, 0.15) is 152 Å². The summed E-state index contributed by atoms with van der Waals surface area (Å²) in [6.07, 6.45) is 3.34. The quantitative estimate of drug-likeness (QED) is 0.0150. The average Bonchev–Trinajstić information content (AvgIpc) is 1.67. The molecule has 15 atom stereocenters. The number of carboxylic acid groups (broad SMARTS) is 1. The number of carbonyl (C=O) groups excluding carboxylic acids is 16. The molecule has 3 aromatic carbocycles. The minimum Gasteiger partial charge on any atom is -0.508 e. The molecule has 3 aromatic heterocycles. The number of amides is 15. The molecule has 4 aliphatic rings. The zero-order chi connectivity index (χ0) is 100.0. The molecule has 4 saturated heterocycles. The van der Waals surface area contributed by atoms with E-state index in [-0.39, 0.29) is 121 Å². The number of rotatable bonds is 27. The summed E-state index contributed by atoms with van der Waals surface area (Å²) in [5.74, 6) is -19.5. The first kappa shape index (κ1) is 106. The molecule has 0 radical (unpaired) electrons. The highest BCUT2D eigenvalue weighted by Gasteiger charge is 2.47. The smallest absolute Gasteiger partial charge is 0.305 e. The molecule has 10 rings (SSSR count). The van der Waals surface area contributed by atoms with Gasteiger partial charge in [0.1, 0.15) is 78.3 Å². The summed E-state index contributed by atoms with van der Waals surface area (Å²) in [6, 6.07) is -0.239. The highest BCUT2D eigenvalue weighted by atomic mass is 32.2. The lowest BCUT2D eigenvalue weighted by Crippen LogP contribution is -2.61. The third kappa shape index (κ3) is 29.3. The Morgan fingerprint density at radius 1 is 0.551 bits per heavy atom. The van der Waals surface area contributed by atoms with Gasteiger partial charge in [-0.1, -0.05) is 88.1 Å². The van der Waals surface area contributed by atoms with Crippen LogP contribution in [0.4, 0.5) is 0 Å². The molecule has 138 heavy (non-hydrogen) atoms. The fourth-order valence-electron chi connectivity index (χ4n) is 17.9. The van der Waals surface area contributed by atoms with Crippen LogP contribution in [0, 0.1) is 11.3 Å². The second kappa shape index (κ2) is 51.6. The van der Waals surface area contributed by atoms with Gasteiger partial charge in [-0.05, 0) is 118 Å². The topological polar surface area (TPSA) is 670 Å². The van der Waals surface area contributed by atoms with E-state index in [1.165, 1.54) is 55.8 Å². The van der Waals surface area contributed by atoms with Crippen molar-refractivity contribution < 1.29 is 102 Å². The maximum atomic E-state index is 15.8. The number of H-pyrrole nitrogens is 3. The fraction of sp³-hybridized carbons (Fsp3) is 0.538. The number of hydrogen-bond acceptors (Lipinski definition) is 24. The molecule has 4 fully saturated rings. The van der Waals surface area contributed by atoms with Gasteiger partial charge in [0.05, 0.1) is 55.4 Å². The highest BCUT2D eigenvalue weighted by Crippen LogP contribution is 2.30. The number of nitrogens with one attached hydrogen (secondary N) is 14. The van der Waals surface area contributed by atoms with Crippen molar-refractivity contribution >= 4 is 140 Å². The number of unbranched alkanes of at least 4 members (excludes halogenated alkanes) is 2. The number of primary amides is 1. The number of aromatic hydroxyl groups is 1. The van der Waals surface area contributed by atoms with Crippen LogP contribution in [0.15, 0.2) is 97.7 Å². The number of likely N-dealkylation sites (N-methyl/N-ethyl adjacent to an activating group) is 2. The molecule has 0 saturated carbocycles. The number of carbonyl (C=O) groups is 17. The number of aliphatic hydroxyl groups excluding tert-OH is 2. The number of carboxylic acids is 1. The Morgan fingerprint density at radius 2 is 1.10 bits per heavy atom. The number of aliphatic hydroxyl groups is 2. The fourth-order valence-corrected chi connectivity index (χ4v) is 18.7. The van der Waals surface area contributed by atoms with Crippen LogP contribution in [-0.2, 0) is 107 Å². The number of nitrogens with zero attached hydrogens (tertiary/aromatic N) is 6. The lowest BCUT2D eigenvalue weighted by Gasteiger charge is -2.38. The van der Waals surface area contributed by atoms with Gasteiger partial charge >= 0.3 is 5.97 Å². The molecular weight excluding hydrogens is 1810 g/mol. The van der Waals surface area contributed by atoms with Crippen molar-refractivity contribution in [2.75, 3.05) is 71.5 Å². The number of piperidine rings is 1. The molecule has 24 N–H and O–H groups in total. The maximum absolute atomic E-state index is 15.8. The number of nitrogens with two attached hydrogens (primary N) is 3. The first-order valence-corrected chi connectivity index (χ1v) is 47.9. The van der Waals surface area contributed by atoms with Crippen molar-refractivity contribution in [3.63, 3.8) is 0 Å². The molecular formula is C93H129N23O21S. The summed E-state index contributed by atoms with van der Waals surface area (Å²) >= 11 is 0.771. The lowest BCUT2D eigenvalue weighted by molar-refractivity contribution is -0.149. The molecule has 15 amide bonds. The third-order valence-electron chi connectivity index (χ3n) is 25.3. The van der Waals surface area contributed by atoms with E-state index in [0.717, 1.165) is 31.4 Å². The zero-order valence-electron chi connectivity index (χ0n) is 77.9. The Hall–Kier alpha value is -13.6. The van der Waals surface area contributed by atoms with E-state index in [9.17, 15) is 49.2 Å². The molecule has 44 nitrogen and oxygen atoms in total. The van der Waals surface area contributed by atoms with Crippen molar-refractivity contribution in [2.45, 2.75) is 240 Å². The van der Waals surface area contributed by atoms with Crippen molar-refractivity contribution in [3.05, 3.63) is 120 Å². The number of aliphatic carboxylic acids is 1. The number of aromatic nitrogens is 4. The van der Waals surface area contributed by atoms with Crippen LogP contribution in [0.5, 0.6) is 5.75 Å². The van der Waals surface area contributed by atoms with E-state index in [4.69, 9.17) is 22.6 Å². The van der Waals surface area contributed by atoms with Gasteiger partial charge in [0.25, 0.3) is 0 Å². The normalized spacial score (nSPS) is 25.0. The molecule has 0 aliphatic carbocycles. The van der Waals surface area contributed by atoms with E-state index in [0.29, 0.717) is 77.0 Å². The number of guanidine groups is 1. The second-order valence-corrected chi connectivity index (χ2v) is 36.4. The van der Waals surface area contributed by atoms with E-state index < -0.39 is 247 Å². The van der Waals surface area contributed by atoms with Gasteiger partial charge in [-0.2, -0.15) is 0 Å². The van der Waals surface area contributed by atoms with Crippen LogP contribution < -0.4 is 70.4 Å². The summed E-state index contributed by atoms with van der Waals surface area (Å²) in [7, 11) is 2.70. The molecule has 45 heteroatoms. The SMILES string of the molecule is CCCC[C@H]1C(=O)N(C)[C@@H](CCCC)C(=O)N[C@@H](CCCNC(=N)N)C(=O)N[C@H](C(=O)NCC(N)=O)CSCC(=O)N[C@@H](Cc2ccc(O)cc2)C(=O)N2CCCC[C@H]2C(=O)NC(CC(=O)O)C(=O)N2CCC[C@H]2C(=O)N[C@@H](Cc2c[nH]cn2)C(=O)N[C@@H](CCCN)C(=O)N2C[C@H](O)C[C@H]2C(=O)N[C@@H](Cc2c[nH]c3ccccc23)C(=O)C[C@@H](CO)C(=O)N[C@@H](Cc2c[nH]c3ccccc23)C(=O)N1C. The predicted octanol–water partition coefficient (Wildman–Crippen LogP) is -2.01. The van der Waals surface area contributed by atoms with Gasteiger partial charge in [-0.25, -0.2) is 4.98 Å². The predicted molar refractivity (Wildman–Crippen MR) is 505 cm³/mol. The first-order valence-electron chi connectivity index (χ1n) is 46.8. The Kier molecular flexibility index (Phi) is 39.8. The van der Waals surface area contributed by atoms with Crippen molar-refractivity contribution in [1.82, 2.24) is 97.6 Å². The summed E-state index contributed by atoms with van der Waals surface area (Å²) in [5.41, 5.74) is 20.1. The Labute approximate surface area is 801 Å². The molecule has 6 aromatic rings. The van der Waals surface area contributed by atoms with E-state index >= 15 is 52.7 Å². The number of thioether (sulfide) groups is 1. The molecule has 748 valence electrons. The minimum atomic E-state index is -1.89. The van der Waals surface area contributed by atoms with Gasteiger partial charge in [-0.3, -0.25) is 86.9 Å². The van der Waals surface area contributed by atoms with Gasteiger partial charge in [0.2, 0.25) is 88.6 Å². The number of Topliss-reactive ketones (excluding diaryl/α,β-unsaturated/α-hetero) is 1. The molecule has 1 unspecified atom stereocenters. The Bertz CT molecular complexity index is 5310. The Morgan fingerprint density at radius 3 is 1.72 bits per heavy atom. The maximum Gasteiger partial charge on any atom is 0.305 e. The molecule has 7 heterocycles. The number of ketones is 1. The minimum absolute atomic E-state index is 0.00509. The highest BCUT2D eigenvalue weighted by molar-refractivity contribution is 8.00. The van der Waals surface area contributed by atoms with Gasteiger partial charge < -0.3 is 130 Å². The number of aromatic amines is 3. The molecule has 0 spiro atoms. The number of para-hydroxylation sites is 2. The summed E-state index contributed by atoms with van der Waals surface area (Å²) < 4.78 is 0. The monoisotopic (exact) mass is 1940 g/mol. The van der Waals surface area contributed by atoms with E-state index in [1.54, 1.807) is 60.9 Å².